The van der Waals surface area contributed by atoms with Crippen molar-refractivity contribution in [2.24, 2.45) is 0 Å². The third-order valence-corrected chi connectivity index (χ3v) is 3.62. The van der Waals surface area contributed by atoms with Crippen LogP contribution in [0, 0.1) is 6.92 Å². The van der Waals surface area contributed by atoms with Gasteiger partial charge in [-0.2, -0.15) is 4.98 Å². The molecule has 8 heteroatoms. The van der Waals surface area contributed by atoms with Crippen LogP contribution >= 0.6 is 0 Å². The molecule has 0 spiro atoms. The van der Waals surface area contributed by atoms with Gasteiger partial charge in [0.1, 0.15) is 0 Å². The monoisotopic (exact) mass is 288 g/mol. The molecule has 1 aromatic rings. The molecule has 7 nitrogen and oxygen atoms in total. The summed E-state index contributed by atoms with van der Waals surface area (Å²) in [5, 5.41) is 3.07. The predicted molar refractivity (Wildman–Crippen MR) is 73.9 cm³/mol. The number of aryl methyl sites for hydroxylation is 1. The SMILES string of the molecule is CCNCCCS(=O)(=O)Nc1nc(C)cc(OC)n1. The molecule has 0 saturated carbocycles. The molecule has 0 aliphatic heterocycles. The highest BCUT2D eigenvalue weighted by Gasteiger charge is 2.13. The van der Waals surface area contributed by atoms with Gasteiger partial charge in [0.05, 0.1) is 12.9 Å². The maximum atomic E-state index is 11.8. The van der Waals surface area contributed by atoms with Gasteiger partial charge in [0.2, 0.25) is 21.9 Å². The number of ether oxygens (including phenoxy) is 1. The molecule has 108 valence electrons. The molecule has 0 aliphatic rings. The number of nitrogens with zero attached hydrogens (tertiary/aromatic N) is 2. The zero-order chi connectivity index (χ0) is 14.3. The lowest BCUT2D eigenvalue weighted by Gasteiger charge is -2.08. The molecule has 0 aromatic carbocycles. The summed E-state index contributed by atoms with van der Waals surface area (Å²) >= 11 is 0. The minimum Gasteiger partial charge on any atom is -0.481 e. The summed E-state index contributed by atoms with van der Waals surface area (Å²) in [6.07, 6.45) is 0.534. The van der Waals surface area contributed by atoms with Gasteiger partial charge in [-0.05, 0) is 26.4 Å². The van der Waals surface area contributed by atoms with Gasteiger partial charge < -0.3 is 10.1 Å². The molecule has 0 atom stereocenters. The molecular weight excluding hydrogens is 268 g/mol. The van der Waals surface area contributed by atoms with Crippen molar-refractivity contribution in [3.8, 4) is 5.88 Å². The first-order chi connectivity index (χ1) is 8.96. The Labute approximate surface area is 113 Å². The lowest BCUT2D eigenvalue weighted by molar-refractivity contribution is 0.397. The largest absolute Gasteiger partial charge is 0.481 e. The minimum atomic E-state index is -3.43. The fourth-order valence-corrected chi connectivity index (χ4v) is 2.44. The van der Waals surface area contributed by atoms with Crippen LogP contribution in [0.5, 0.6) is 5.88 Å². The summed E-state index contributed by atoms with van der Waals surface area (Å²) in [4.78, 5) is 7.96. The van der Waals surface area contributed by atoms with E-state index in [1.807, 2.05) is 6.92 Å². The summed E-state index contributed by atoms with van der Waals surface area (Å²) in [5.74, 6) is 0.401. The Kier molecular flexibility index (Phi) is 5.97. The molecule has 0 amide bonds. The number of aromatic nitrogens is 2. The van der Waals surface area contributed by atoms with Crippen molar-refractivity contribution in [1.82, 2.24) is 15.3 Å². The lowest BCUT2D eigenvalue weighted by atomic mass is 10.4. The molecule has 0 radical (unpaired) electrons. The Morgan fingerprint density at radius 1 is 1.37 bits per heavy atom. The van der Waals surface area contributed by atoms with Crippen LogP contribution < -0.4 is 14.8 Å². The van der Waals surface area contributed by atoms with Crippen molar-refractivity contribution >= 4 is 16.0 Å². The van der Waals surface area contributed by atoms with Gasteiger partial charge in [-0.25, -0.2) is 13.4 Å². The predicted octanol–water partition coefficient (Wildman–Crippen LogP) is 0.535. The zero-order valence-electron chi connectivity index (χ0n) is 11.4. The average molecular weight is 288 g/mol. The van der Waals surface area contributed by atoms with Crippen molar-refractivity contribution in [2.45, 2.75) is 20.3 Å². The van der Waals surface area contributed by atoms with Crippen molar-refractivity contribution in [3.05, 3.63) is 11.8 Å². The van der Waals surface area contributed by atoms with E-state index in [0.29, 0.717) is 24.5 Å². The Bertz CT molecular complexity index is 505. The first-order valence-electron chi connectivity index (χ1n) is 6.07. The summed E-state index contributed by atoms with van der Waals surface area (Å²) < 4.78 is 30.9. The highest BCUT2D eigenvalue weighted by atomic mass is 32.2. The fourth-order valence-electron chi connectivity index (χ4n) is 1.44. The molecule has 1 aromatic heterocycles. The van der Waals surface area contributed by atoms with Crippen LogP contribution in [0.4, 0.5) is 5.95 Å². The van der Waals surface area contributed by atoms with E-state index in [-0.39, 0.29) is 11.7 Å². The number of hydrogen-bond donors (Lipinski definition) is 2. The lowest BCUT2D eigenvalue weighted by Crippen LogP contribution is -2.22. The van der Waals surface area contributed by atoms with Crippen molar-refractivity contribution < 1.29 is 13.2 Å². The minimum absolute atomic E-state index is 0.0274. The van der Waals surface area contributed by atoms with Gasteiger partial charge in [-0.1, -0.05) is 6.92 Å². The first-order valence-corrected chi connectivity index (χ1v) is 7.73. The van der Waals surface area contributed by atoms with E-state index in [9.17, 15) is 8.42 Å². The maximum Gasteiger partial charge on any atom is 0.240 e. The van der Waals surface area contributed by atoms with Crippen LogP contribution in [0.2, 0.25) is 0 Å². The van der Waals surface area contributed by atoms with E-state index in [1.165, 1.54) is 7.11 Å². The van der Waals surface area contributed by atoms with Crippen molar-refractivity contribution in [3.63, 3.8) is 0 Å². The third-order valence-electron chi connectivity index (χ3n) is 2.30. The van der Waals surface area contributed by atoms with Crippen molar-refractivity contribution in [1.29, 1.82) is 0 Å². The van der Waals surface area contributed by atoms with Crippen LogP contribution in [0.15, 0.2) is 6.07 Å². The molecule has 0 fully saturated rings. The van der Waals surface area contributed by atoms with Gasteiger partial charge in [0.25, 0.3) is 0 Å². The Hall–Kier alpha value is -1.41. The number of anilines is 1. The number of hydrogen-bond acceptors (Lipinski definition) is 6. The van der Waals surface area contributed by atoms with E-state index in [0.717, 1.165) is 6.54 Å². The van der Waals surface area contributed by atoms with Gasteiger partial charge in [0, 0.05) is 11.8 Å². The highest BCUT2D eigenvalue weighted by Crippen LogP contribution is 2.12. The molecule has 0 bridgehead atoms. The normalized spacial score (nSPS) is 11.3. The maximum absolute atomic E-state index is 11.8. The zero-order valence-corrected chi connectivity index (χ0v) is 12.2. The van der Waals surface area contributed by atoms with E-state index in [2.05, 4.69) is 20.0 Å². The molecule has 1 rings (SSSR count). The van der Waals surface area contributed by atoms with Gasteiger partial charge in [0.15, 0.2) is 0 Å². The molecule has 0 unspecified atom stereocenters. The molecule has 1 heterocycles. The second kappa shape index (κ2) is 7.25. The summed E-state index contributed by atoms with van der Waals surface area (Å²) in [5.41, 5.74) is 0.636. The van der Waals surface area contributed by atoms with Crippen LogP contribution in [0.3, 0.4) is 0 Å². The topological polar surface area (TPSA) is 93.2 Å². The molecular formula is C11H20N4O3S. The Balaban J connectivity index is 2.64. The van der Waals surface area contributed by atoms with Gasteiger partial charge in [-0.3, -0.25) is 4.72 Å². The van der Waals surface area contributed by atoms with Crippen LogP contribution in [0.1, 0.15) is 19.0 Å². The van der Waals surface area contributed by atoms with E-state index in [4.69, 9.17) is 4.74 Å². The van der Waals surface area contributed by atoms with Crippen LogP contribution in [-0.2, 0) is 10.0 Å². The number of nitrogens with one attached hydrogen (secondary N) is 2. The van der Waals surface area contributed by atoms with Crippen LogP contribution in [0.25, 0.3) is 0 Å². The summed E-state index contributed by atoms with van der Waals surface area (Å²) in [7, 11) is -1.96. The highest BCUT2D eigenvalue weighted by molar-refractivity contribution is 7.92. The van der Waals surface area contributed by atoms with Crippen molar-refractivity contribution in [2.75, 3.05) is 30.7 Å². The summed E-state index contributed by atoms with van der Waals surface area (Å²) in [6.45, 7) is 5.20. The molecule has 0 aliphatic carbocycles. The quantitative estimate of drug-likeness (QED) is 0.678. The summed E-state index contributed by atoms with van der Waals surface area (Å²) in [6, 6.07) is 1.63. The first kappa shape index (κ1) is 15.6. The van der Waals surface area contributed by atoms with E-state index in [1.54, 1.807) is 13.0 Å². The number of sulfonamides is 1. The second-order valence-corrected chi connectivity index (χ2v) is 5.85. The average Bonchev–Trinajstić information content (AvgIpc) is 2.33. The van der Waals surface area contributed by atoms with Crippen LogP contribution in [-0.4, -0.2) is 44.3 Å². The Morgan fingerprint density at radius 2 is 2.11 bits per heavy atom. The molecule has 2 N–H and O–H groups in total. The Morgan fingerprint density at radius 3 is 2.74 bits per heavy atom. The number of rotatable bonds is 8. The molecule has 19 heavy (non-hydrogen) atoms. The standard InChI is InChI=1S/C11H20N4O3S/c1-4-12-6-5-7-19(16,17)15-11-13-9(2)8-10(14-11)18-3/h8,12H,4-7H2,1-3H3,(H,13,14,15). The third kappa shape index (κ3) is 5.84. The smallest absolute Gasteiger partial charge is 0.240 e. The van der Waals surface area contributed by atoms with E-state index < -0.39 is 10.0 Å². The van der Waals surface area contributed by atoms with Gasteiger partial charge in [-0.15, -0.1) is 0 Å². The number of methoxy groups -OCH3 is 1. The van der Waals surface area contributed by atoms with Gasteiger partial charge >= 0.3 is 0 Å². The second-order valence-electron chi connectivity index (χ2n) is 4.00. The van der Waals surface area contributed by atoms with E-state index >= 15 is 0 Å². The molecule has 0 saturated heterocycles. The fraction of sp³-hybridized carbons (Fsp3) is 0.636.